The molecule has 0 fully saturated rings. The Balaban J connectivity index is 1.90. The molecule has 3 aromatic rings. The summed E-state index contributed by atoms with van der Waals surface area (Å²) < 4.78 is 5.22. The van der Waals surface area contributed by atoms with Crippen molar-refractivity contribution < 1.29 is 4.74 Å². The smallest absolute Gasteiger partial charge is 0.253 e. The summed E-state index contributed by atoms with van der Waals surface area (Å²) in [5, 5.41) is 4.65. The zero-order chi connectivity index (χ0) is 20.1. The number of ether oxygens (including phenoxy) is 1. The van der Waals surface area contributed by atoms with E-state index in [0.29, 0.717) is 23.8 Å². The van der Waals surface area contributed by atoms with Gasteiger partial charge in [-0.1, -0.05) is 25.1 Å². The lowest BCUT2D eigenvalue weighted by molar-refractivity contribution is 0.398. The van der Waals surface area contributed by atoms with Crippen LogP contribution in [-0.2, 0) is 19.5 Å². The Bertz CT molecular complexity index is 1030. The first-order valence-electron chi connectivity index (χ1n) is 9.28. The molecule has 2 N–H and O–H groups in total. The Hall–Kier alpha value is -2.86. The summed E-state index contributed by atoms with van der Waals surface area (Å²) in [4.78, 5) is 17.6. The summed E-state index contributed by atoms with van der Waals surface area (Å²) in [6, 6.07) is 15.9. The zero-order valence-electron chi connectivity index (χ0n) is 16.4. The lowest BCUT2D eigenvalue weighted by Crippen LogP contribution is -2.38. The van der Waals surface area contributed by atoms with E-state index in [4.69, 9.17) is 17.0 Å². The number of benzene rings is 2. The van der Waals surface area contributed by atoms with Crippen molar-refractivity contribution >= 4 is 28.2 Å². The number of thiocarbonyl (C=S) groups is 1. The third-order valence-corrected chi connectivity index (χ3v) is 5.25. The number of nitrogens with zero attached hydrogens (tertiary/aromatic N) is 1. The maximum atomic E-state index is 12.6. The van der Waals surface area contributed by atoms with Crippen LogP contribution in [0.25, 0.3) is 10.9 Å². The molecule has 0 saturated carbocycles. The summed E-state index contributed by atoms with van der Waals surface area (Å²) >= 11 is 5.48. The predicted molar refractivity (Wildman–Crippen MR) is 118 cm³/mol. The summed E-state index contributed by atoms with van der Waals surface area (Å²) in [6.45, 7) is 3.14. The number of pyridine rings is 1. The van der Waals surface area contributed by atoms with Gasteiger partial charge in [0.2, 0.25) is 0 Å². The Kier molecular flexibility index (Phi) is 6.31. The van der Waals surface area contributed by atoms with Crippen molar-refractivity contribution in [3.63, 3.8) is 0 Å². The molecule has 0 radical (unpaired) electrons. The molecule has 3 rings (SSSR count). The van der Waals surface area contributed by atoms with Crippen LogP contribution in [0, 0.1) is 0 Å². The SMILES string of the molecule is CCc1ccc2[nH]c(=O)c(CN(Cc3ccc(OC)cc3)C(=S)NC)cc2c1. The highest BCUT2D eigenvalue weighted by molar-refractivity contribution is 7.80. The molecule has 0 aliphatic heterocycles. The van der Waals surface area contributed by atoms with Crippen LogP contribution in [0.15, 0.2) is 53.3 Å². The maximum Gasteiger partial charge on any atom is 0.253 e. The number of methoxy groups -OCH3 is 1. The van der Waals surface area contributed by atoms with Gasteiger partial charge in [-0.25, -0.2) is 0 Å². The first kappa shape index (κ1) is 19.9. The van der Waals surface area contributed by atoms with E-state index in [-0.39, 0.29) is 5.56 Å². The van der Waals surface area contributed by atoms with Crippen LogP contribution < -0.4 is 15.6 Å². The fourth-order valence-electron chi connectivity index (χ4n) is 3.15. The molecule has 0 saturated heterocycles. The van der Waals surface area contributed by atoms with Crippen LogP contribution in [0.1, 0.15) is 23.6 Å². The molecule has 0 spiro atoms. The molecular formula is C22H25N3O2S. The van der Waals surface area contributed by atoms with Gasteiger partial charge in [-0.2, -0.15) is 0 Å². The van der Waals surface area contributed by atoms with Crippen molar-refractivity contribution in [3.8, 4) is 5.75 Å². The van der Waals surface area contributed by atoms with E-state index >= 15 is 0 Å². The predicted octanol–water partition coefficient (Wildman–Crippen LogP) is 3.61. The molecule has 0 amide bonds. The lowest BCUT2D eigenvalue weighted by atomic mass is 10.1. The minimum absolute atomic E-state index is 0.0876. The fraction of sp³-hybridized carbons (Fsp3) is 0.273. The number of nitrogens with one attached hydrogen (secondary N) is 2. The molecular weight excluding hydrogens is 370 g/mol. The summed E-state index contributed by atoms with van der Waals surface area (Å²) in [5.74, 6) is 0.809. The second-order valence-electron chi connectivity index (χ2n) is 6.66. The minimum atomic E-state index is -0.0876. The number of hydrogen-bond donors (Lipinski definition) is 2. The number of aromatic amines is 1. The fourth-order valence-corrected chi connectivity index (χ4v) is 3.28. The molecule has 146 valence electrons. The van der Waals surface area contributed by atoms with Crippen LogP contribution in [0.4, 0.5) is 0 Å². The molecule has 28 heavy (non-hydrogen) atoms. The van der Waals surface area contributed by atoms with Crippen LogP contribution in [0.5, 0.6) is 5.75 Å². The molecule has 2 aromatic carbocycles. The van der Waals surface area contributed by atoms with E-state index in [1.165, 1.54) is 5.56 Å². The van der Waals surface area contributed by atoms with Crippen LogP contribution in [-0.4, -0.2) is 29.2 Å². The van der Waals surface area contributed by atoms with E-state index < -0.39 is 0 Å². The van der Waals surface area contributed by atoms with Gasteiger partial charge in [0.05, 0.1) is 13.7 Å². The van der Waals surface area contributed by atoms with Gasteiger partial charge in [0.25, 0.3) is 5.56 Å². The van der Waals surface area contributed by atoms with Gasteiger partial charge in [-0.05, 0) is 65.5 Å². The highest BCUT2D eigenvalue weighted by atomic mass is 32.1. The van der Waals surface area contributed by atoms with Crippen molar-refractivity contribution in [3.05, 3.63) is 75.6 Å². The Labute approximate surface area is 170 Å². The van der Waals surface area contributed by atoms with Gasteiger partial charge in [0, 0.05) is 24.7 Å². The van der Waals surface area contributed by atoms with Gasteiger partial charge in [0.15, 0.2) is 5.11 Å². The highest BCUT2D eigenvalue weighted by Gasteiger charge is 2.13. The Morgan fingerprint density at radius 3 is 2.46 bits per heavy atom. The largest absolute Gasteiger partial charge is 0.497 e. The van der Waals surface area contributed by atoms with Gasteiger partial charge in [-0.3, -0.25) is 4.79 Å². The van der Waals surface area contributed by atoms with Gasteiger partial charge in [0.1, 0.15) is 5.75 Å². The van der Waals surface area contributed by atoms with Crippen molar-refractivity contribution in [1.29, 1.82) is 0 Å². The van der Waals surface area contributed by atoms with Gasteiger partial charge >= 0.3 is 0 Å². The van der Waals surface area contributed by atoms with E-state index in [1.807, 2.05) is 47.4 Å². The second kappa shape index (κ2) is 8.89. The molecule has 6 heteroatoms. The normalized spacial score (nSPS) is 10.7. The van der Waals surface area contributed by atoms with E-state index in [9.17, 15) is 4.79 Å². The zero-order valence-corrected chi connectivity index (χ0v) is 17.2. The van der Waals surface area contributed by atoms with Gasteiger partial charge in [-0.15, -0.1) is 0 Å². The van der Waals surface area contributed by atoms with Crippen molar-refractivity contribution in [2.75, 3.05) is 14.2 Å². The quantitative estimate of drug-likeness (QED) is 0.625. The number of fused-ring (bicyclic) bond motifs is 1. The molecule has 1 aromatic heterocycles. The molecule has 0 bridgehead atoms. The maximum absolute atomic E-state index is 12.6. The number of aryl methyl sites for hydroxylation is 1. The number of rotatable bonds is 6. The van der Waals surface area contributed by atoms with E-state index in [2.05, 4.69) is 23.3 Å². The monoisotopic (exact) mass is 395 g/mol. The first-order valence-corrected chi connectivity index (χ1v) is 9.69. The molecule has 0 unspecified atom stereocenters. The number of H-pyrrole nitrogens is 1. The Morgan fingerprint density at radius 2 is 1.82 bits per heavy atom. The third-order valence-electron chi connectivity index (χ3n) is 4.79. The van der Waals surface area contributed by atoms with Crippen LogP contribution >= 0.6 is 12.2 Å². The summed E-state index contributed by atoms with van der Waals surface area (Å²) in [7, 11) is 3.44. The summed E-state index contributed by atoms with van der Waals surface area (Å²) in [5.41, 5.74) is 3.78. The molecule has 1 heterocycles. The minimum Gasteiger partial charge on any atom is -0.497 e. The van der Waals surface area contributed by atoms with Crippen molar-refractivity contribution in [2.45, 2.75) is 26.4 Å². The topological polar surface area (TPSA) is 57.4 Å². The molecule has 0 aliphatic rings. The molecule has 0 atom stereocenters. The Morgan fingerprint density at radius 1 is 1.11 bits per heavy atom. The highest BCUT2D eigenvalue weighted by Crippen LogP contribution is 2.17. The van der Waals surface area contributed by atoms with Crippen LogP contribution in [0.2, 0.25) is 0 Å². The average molecular weight is 396 g/mol. The van der Waals surface area contributed by atoms with Gasteiger partial charge < -0.3 is 19.9 Å². The molecule has 5 nitrogen and oxygen atoms in total. The number of aromatic nitrogens is 1. The van der Waals surface area contributed by atoms with Crippen molar-refractivity contribution in [2.24, 2.45) is 0 Å². The van der Waals surface area contributed by atoms with Crippen LogP contribution in [0.3, 0.4) is 0 Å². The van der Waals surface area contributed by atoms with E-state index in [0.717, 1.165) is 28.6 Å². The van der Waals surface area contributed by atoms with E-state index in [1.54, 1.807) is 14.2 Å². The third kappa shape index (κ3) is 4.51. The second-order valence-corrected chi connectivity index (χ2v) is 7.04. The average Bonchev–Trinajstić information content (AvgIpc) is 2.73. The number of hydrogen-bond acceptors (Lipinski definition) is 3. The standard InChI is InChI=1S/C22H25N3O2S/c1-4-15-7-10-20-17(11-15)12-18(21(26)24-20)14-25(22(28)23-2)13-16-5-8-19(27-3)9-6-16/h5-12H,4,13-14H2,1-3H3,(H,23,28)(H,24,26). The lowest BCUT2D eigenvalue weighted by Gasteiger charge is -2.25. The first-order chi connectivity index (χ1) is 13.5. The molecule has 0 aliphatic carbocycles. The summed E-state index contributed by atoms with van der Waals surface area (Å²) in [6.07, 6.45) is 0.956. The van der Waals surface area contributed by atoms with Crippen molar-refractivity contribution in [1.82, 2.24) is 15.2 Å².